The molecule has 0 bridgehead atoms. The van der Waals surface area contributed by atoms with Crippen molar-refractivity contribution in [3.8, 4) is 0 Å². The third kappa shape index (κ3) is 4.12. The van der Waals surface area contributed by atoms with Crippen LogP contribution in [0.1, 0.15) is 59.3 Å². The predicted octanol–water partition coefficient (Wildman–Crippen LogP) is 2.89. The van der Waals surface area contributed by atoms with E-state index in [0.29, 0.717) is 12.2 Å². The Labute approximate surface area is 95.2 Å². The number of nitrogens with one attached hydrogen (secondary N) is 2. The molecule has 0 saturated carbocycles. The van der Waals surface area contributed by atoms with Gasteiger partial charge in [-0.25, -0.2) is 0 Å². The van der Waals surface area contributed by atoms with Gasteiger partial charge in [0, 0.05) is 12.6 Å². The maximum Gasteiger partial charge on any atom is 0.0603 e. The van der Waals surface area contributed by atoms with E-state index in [2.05, 4.69) is 31.4 Å². The minimum absolute atomic E-state index is 0.585. The third-order valence-corrected chi connectivity index (χ3v) is 3.55. The highest BCUT2D eigenvalue weighted by molar-refractivity contribution is 4.86. The molecule has 2 nitrogen and oxygen atoms in total. The fourth-order valence-corrected chi connectivity index (χ4v) is 2.52. The van der Waals surface area contributed by atoms with Gasteiger partial charge in [0.25, 0.3) is 0 Å². The number of unbranched alkanes of at least 4 members (excludes halogenated alkanes) is 1. The van der Waals surface area contributed by atoms with Crippen LogP contribution in [0.2, 0.25) is 0 Å². The zero-order valence-corrected chi connectivity index (χ0v) is 10.7. The zero-order valence-electron chi connectivity index (χ0n) is 10.7. The molecule has 2 heteroatoms. The van der Waals surface area contributed by atoms with E-state index in [4.69, 9.17) is 0 Å². The van der Waals surface area contributed by atoms with Crippen LogP contribution in [0, 0.1) is 5.92 Å². The molecule has 0 aromatic heterocycles. The second kappa shape index (κ2) is 7.24. The molecule has 1 fully saturated rings. The summed E-state index contributed by atoms with van der Waals surface area (Å²) in [5.41, 5.74) is 0. The second-order valence-electron chi connectivity index (χ2n) is 4.85. The van der Waals surface area contributed by atoms with Crippen molar-refractivity contribution in [2.75, 3.05) is 6.54 Å². The van der Waals surface area contributed by atoms with Gasteiger partial charge in [-0.3, -0.25) is 5.32 Å². The van der Waals surface area contributed by atoms with Crippen LogP contribution < -0.4 is 10.6 Å². The molecule has 15 heavy (non-hydrogen) atoms. The van der Waals surface area contributed by atoms with E-state index in [-0.39, 0.29) is 0 Å². The Bertz CT molecular complexity index is 159. The highest BCUT2D eigenvalue weighted by Gasteiger charge is 2.27. The summed E-state index contributed by atoms with van der Waals surface area (Å²) in [7, 11) is 0. The topological polar surface area (TPSA) is 24.1 Å². The van der Waals surface area contributed by atoms with E-state index in [1.807, 2.05) is 0 Å². The third-order valence-electron chi connectivity index (χ3n) is 3.55. The first-order chi connectivity index (χ1) is 7.31. The van der Waals surface area contributed by atoms with Crippen molar-refractivity contribution in [3.63, 3.8) is 0 Å². The van der Waals surface area contributed by atoms with Crippen molar-refractivity contribution in [2.45, 2.75) is 71.5 Å². The van der Waals surface area contributed by atoms with Crippen molar-refractivity contribution in [1.29, 1.82) is 0 Å². The molecule has 90 valence electrons. The zero-order chi connectivity index (χ0) is 11.1. The van der Waals surface area contributed by atoms with Crippen LogP contribution >= 0.6 is 0 Å². The normalized spacial score (nSPS) is 28.2. The molecular formula is C13H28N2. The van der Waals surface area contributed by atoms with E-state index >= 15 is 0 Å². The molecule has 0 aromatic rings. The van der Waals surface area contributed by atoms with Gasteiger partial charge >= 0.3 is 0 Å². The molecule has 3 unspecified atom stereocenters. The first kappa shape index (κ1) is 13.0. The van der Waals surface area contributed by atoms with Crippen LogP contribution in [0.15, 0.2) is 0 Å². The van der Waals surface area contributed by atoms with Gasteiger partial charge in [-0.05, 0) is 25.2 Å². The summed E-state index contributed by atoms with van der Waals surface area (Å²) in [6.07, 6.45) is 8.58. The Hall–Kier alpha value is -0.0800. The molecule has 0 aliphatic carbocycles. The van der Waals surface area contributed by atoms with E-state index in [1.165, 1.54) is 38.5 Å². The fourth-order valence-electron chi connectivity index (χ4n) is 2.52. The summed E-state index contributed by atoms with van der Waals surface area (Å²) in [4.78, 5) is 0. The Balaban J connectivity index is 2.34. The Kier molecular flexibility index (Phi) is 6.26. The van der Waals surface area contributed by atoms with E-state index < -0.39 is 0 Å². The quantitative estimate of drug-likeness (QED) is 0.678. The lowest BCUT2D eigenvalue weighted by atomic mass is 9.94. The molecule has 1 aliphatic heterocycles. The summed E-state index contributed by atoms with van der Waals surface area (Å²) >= 11 is 0. The molecule has 0 radical (unpaired) electrons. The Morgan fingerprint density at radius 2 is 1.93 bits per heavy atom. The summed E-state index contributed by atoms with van der Waals surface area (Å²) in [6.45, 7) is 8.01. The van der Waals surface area contributed by atoms with Gasteiger partial charge in [-0.15, -0.1) is 0 Å². The number of rotatable bonds is 7. The maximum absolute atomic E-state index is 3.72. The van der Waals surface area contributed by atoms with Crippen LogP contribution in [0.25, 0.3) is 0 Å². The summed E-state index contributed by atoms with van der Waals surface area (Å²) in [6, 6.07) is 0.705. The van der Waals surface area contributed by atoms with E-state index in [0.717, 1.165) is 12.5 Å². The summed E-state index contributed by atoms with van der Waals surface area (Å²) in [5.74, 6) is 0.839. The SMILES string of the molecule is CCCCC(CCC)C1NCC(CC)N1. The number of hydrogen-bond donors (Lipinski definition) is 2. The van der Waals surface area contributed by atoms with Crippen molar-refractivity contribution in [1.82, 2.24) is 10.6 Å². The first-order valence-electron chi connectivity index (χ1n) is 6.81. The van der Waals surface area contributed by atoms with Gasteiger partial charge in [-0.1, -0.05) is 40.0 Å². The van der Waals surface area contributed by atoms with Gasteiger partial charge in [0.1, 0.15) is 0 Å². The van der Waals surface area contributed by atoms with Crippen molar-refractivity contribution >= 4 is 0 Å². The predicted molar refractivity (Wildman–Crippen MR) is 66.9 cm³/mol. The molecular weight excluding hydrogens is 184 g/mol. The highest BCUT2D eigenvalue weighted by Crippen LogP contribution is 2.20. The van der Waals surface area contributed by atoms with Crippen molar-refractivity contribution < 1.29 is 0 Å². The minimum Gasteiger partial charge on any atom is -0.300 e. The molecule has 3 atom stereocenters. The molecule has 1 rings (SSSR count). The lowest BCUT2D eigenvalue weighted by Gasteiger charge is -2.24. The summed E-state index contributed by atoms with van der Waals surface area (Å²) in [5, 5.41) is 7.36. The summed E-state index contributed by atoms with van der Waals surface area (Å²) < 4.78 is 0. The Morgan fingerprint density at radius 3 is 2.47 bits per heavy atom. The standard InChI is InChI=1S/C13H28N2/c1-4-7-9-11(8-5-2)13-14-10-12(6-3)15-13/h11-15H,4-10H2,1-3H3. The van der Waals surface area contributed by atoms with Crippen LogP contribution in [0.4, 0.5) is 0 Å². The highest BCUT2D eigenvalue weighted by atomic mass is 15.2. The number of hydrogen-bond acceptors (Lipinski definition) is 2. The average molecular weight is 212 g/mol. The van der Waals surface area contributed by atoms with Crippen molar-refractivity contribution in [2.24, 2.45) is 5.92 Å². The lowest BCUT2D eigenvalue weighted by molar-refractivity contribution is 0.304. The van der Waals surface area contributed by atoms with Crippen LogP contribution in [-0.4, -0.2) is 18.8 Å². The molecule has 1 aliphatic rings. The smallest absolute Gasteiger partial charge is 0.0603 e. The molecule has 1 saturated heterocycles. The molecule has 2 N–H and O–H groups in total. The first-order valence-corrected chi connectivity index (χ1v) is 6.81. The fraction of sp³-hybridized carbons (Fsp3) is 1.00. The Morgan fingerprint density at radius 1 is 1.13 bits per heavy atom. The van der Waals surface area contributed by atoms with Crippen LogP contribution in [0.3, 0.4) is 0 Å². The lowest BCUT2D eigenvalue weighted by Crippen LogP contribution is -2.40. The molecule has 0 aromatic carbocycles. The van der Waals surface area contributed by atoms with Gasteiger partial charge in [-0.2, -0.15) is 0 Å². The molecule has 0 amide bonds. The average Bonchev–Trinajstić information content (AvgIpc) is 2.72. The van der Waals surface area contributed by atoms with Crippen LogP contribution in [0.5, 0.6) is 0 Å². The van der Waals surface area contributed by atoms with E-state index in [1.54, 1.807) is 0 Å². The van der Waals surface area contributed by atoms with Gasteiger partial charge in [0.15, 0.2) is 0 Å². The van der Waals surface area contributed by atoms with Gasteiger partial charge in [0.05, 0.1) is 6.17 Å². The van der Waals surface area contributed by atoms with Crippen molar-refractivity contribution in [3.05, 3.63) is 0 Å². The van der Waals surface area contributed by atoms with Gasteiger partial charge < -0.3 is 5.32 Å². The largest absolute Gasteiger partial charge is 0.300 e. The molecule has 1 heterocycles. The second-order valence-corrected chi connectivity index (χ2v) is 4.85. The van der Waals surface area contributed by atoms with E-state index in [9.17, 15) is 0 Å². The maximum atomic E-state index is 3.72. The minimum atomic E-state index is 0.585. The molecule has 0 spiro atoms. The monoisotopic (exact) mass is 212 g/mol. The van der Waals surface area contributed by atoms with Crippen LogP contribution in [-0.2, 0) is 0 Å². The van der Waals surface area contributed by atoms with Gasteiger partial charge in [0.2, 0.25) is 0 Å².